The summed E-state index contributed by atoms with van der Waals surface area (Å²) in [6.07, 6.45) is 26.8. The summed E-state index contributed by atoms with van der Waals surface area (Å²) >= 11 is 0. The van der Waals surface area contributed by atoms with E-state index in [2.05, 4.69) is 233 Å². The number of nitrogens with zero attached hydrogens (tertiary/aromatic N) is 2. The summed E-state index contributed by atoms with van der Waals surface area (Å²) in [4.78, 5) is 5.12. The molecule has 0 aromatic heterocycles. The summed E-state index contributed by atoms with van der Waals surface area (Å²) in [5.41, 5.74) is 22.0. The monoisotopic (exact) mass is 1120 g/mol. The summed E-state index contributed by atoms with van der Waals surface area (Å²) in [6, 6.07) is 70.3. The van der Waals surface area contributed by atoms with Gasteiger partial charge >= 0.3 is 0 Å². The Bertz CT molecular complexity index is 3400. The molecule has 2 fully saturated rings. The molecule has 3 aliphatic carbocycles. The summed E-state index contributed by atoms with van der Waals surface area (Å²) in [6.45, 7) is 13.8. The maximum Gasteiger partial charge on any atom is 0.0946 e. The molecular weight excluding hydrogens is 1030 g/mol. The van der Waals surface area contributed by atoms with Crippen molar-refractivity contribution in [3.8, 4) is 33.4 Å². The van der Waals surface area contributed by atoms with E-state index < -0.39 is 0 Å². The van der Waals surface area contributed by atoms with Gasteiger partial charge < -0.3 is 19.3 Å². The third-order valence-corrected chi connectivity index (χ3v) is 20.7. The largest absolute Gasteiger partial charge is 0.360 e. The fourth-order valence-corrected chi connectivity index (χ4v) is 16.7. The van der Waals surface area contributed by atoms with Gasteiger partial charge in [0.2, 0.25) is 0 Å². The van der Waals surface area contributed by atoms with Crippen LogP contribution < -0.4 is 9.80 Å². The maximum absolute atomic E-state index is 7.07. The fourth-order valence-electron chi connectivity index (χ4n) is 16.7. The highest BCUT2D eigenvalue weighted by atomic mass is 16.5. The van der Waals surface area contributed by atoms with Crippen LogP contribution in [-0.4, -0.2) is 0 Å². The molecule has 2 heterocycles. The molecule has 0 amide bonds. The average molecular weight is 1130 g/mol. The Labute approximate surface area is 510 Å². The smallest absolute Gasteiger partial charge is 0.0946 e. The molecule has 13 rings (SSSR count). The van der Waals surface area contributed by atoms with Gasteiger partial charge in [-0.1, -0.05) is 226 Å². The first kappa shape index (κ1) is 57.4. The lowest BCUT2D eigenvalue weighted by Gasteiger charge is -2.35. The number of rotatable bonds is 22. The fraction of sp³-hybridized carbons (Fsp3) is 0.407. The molecule has 8 aromatic carbocycles. The highest BCUT2D eigenvalue weighted by molar-refractivity contribution is 5.93. The van der Waals surface area contributed by atoms with Crippen LogP contribution in [0.3, 0.4) is 0 Å². The molecule has 0 atom stereocenters. The lowest BCUT2D eigenvalue weighted by Crippen LogP contribution is -2.26. The normalized spacial score (nSPS) is 17.7. The van der Waals surface area contributed by atoms with E-state index in [0.717, 1.165) is 49.9 Å². The van der Waals surface area contributed by atoms with Crippen molar-refractivity contribution in [1.29, 1.82) is 0 Å². The molecule has 2 saturated carbocycles. The van der Waals surface area contributed by atoms with Crippen molar-refractivity contribution in [3.05, 3.63) is 215 Å². The van der Waals surface area contributed by atoms with Gasteiger partial charge in [-0.05, 0) is 195 Å². The number of ether oxygens (including phenoxy) is 2. The van der Waals surface area contributed by atoms with Crippen LogP contribution in [0.25, 0.3) is 33.4 Å². The van der Waals surface area contributed by atoms with E-state index in [4.69, 9.17) is 9.47 Å². The number of hydrogen-bond acceptors (Lipinski definition) is 4. The van der Waals surface area contributed by atoms with Crippen LogP contribution in [0.5, 0.6) is 0 Å². The molecule has 5 aliphatic rings. The molecule has 2 aliphatic heterocycles. The number of anilines is 6. The van der Waals surface area contributed by atoms with Crippen LogP contribution in [0.4, 0.5) is 34.1 Å². The predicted octanol–water partition coefficient (Wildman–Crippen LogP) is 23.8. The topological polar surface area (TPSA) is 24.9 Å². The number of fused-ring (bicyclic) bond motifs is 7. The maximum atomic E-state index is 7.07. The third kappa shape index (κ3) is 10.6. The Hall–Kier alpha value is -6.72. The second-order valence-corrected chi connectivity index (χ2v) is 27.1. The van der Waals surface area contributed by atoms with Crippen LogP contribution >= 0.6 is 0 Å². The second-order valence-electron chi connectivity index (χ2n) is 27.1. The van der Waals surface area contributed by atoms with E-state index in [0.29, 0.717) is 0 Å². The van der Waals surface area contributed by atoms with Crippen molar-refractivity contribution < 1.29 is 9.47 Å². The van der Waals surface area contributed by atoms with E-state index in [-0.39, 0.29) is 27.8 Å². The number of para-hydroxylation sites is 4. The SMILES string of the molecule is CCCCCCCCC1(CCCCCCCC)c2cc(N(c3ccccc3)c3ccccc3-c3ccc4c(c3)C(C)(C)OC43CCCC3)ccc2-c2ccc(N(c3ccccc3)c3ccccc3-c3ccc4c(c3)C(C)(C)OC43CCCC3)cc21. The minimum Gasteiger partial charge on any atom is -0.360 e. The molecule has 4 nitrogen and oxygen atoms in total. The molecule has 85 heavy (non-hydrogen) atoms. The molecule has 0 bridgehead atoms. The average Bonchev–Trinajstić information content (AvgIpc) is 1.85. The molecule has 0 N–H and O–H groups in total. The molecule has 0 saturated heterocycles. The van der Waals surface area contributed by atoms with Crippen LogP contribution in [0.2, 0.25) is 0 Å². The zero-order valence-corrected chi connectivity index (χ0v) is 52.1. The van der Waals surface area contributed by atoms with E-state index in [1.165, 1.54) is 192 Å². The minimum atomic E-state index is -0.358. The quantitative estimate of drug-likeness (QED) is 0.0632. The third-order valence-electron chi connectivity index (χ3n) is 20.7. The molecule has 2 spiro atoms. The predicted molar refractivity (Wildman–Crippen MR) is 357 cm³/mol. The molecular formula is C81H92N2O2. The Kier molecular flexibility index (Phi) is 16.1. The first-order valence-corrected chi connectivity index (χ1v) is 33.4. The highest BCUT2D eigenvalue weighted by Gasteiger charge is 2.52. The van der Waals surface area contributed by atoms with Crippen LogP contribution in [0, 0.1) is 0 Å². The van der Waals surface area contributed by atoms with Crippen LogP contribution in [0.1, 0.15) is 216 Å². The van der Waals surface area contributed by atoms with E-state index >= 15 is 0 Å². The van der Waals surface area contributed by atoms with Crippen molar-refractivity contribution in [2.45, 2.75) is 211 Å². The first-order valence-electron chi connectivity index (χ1n) is 33.4. The van der Waals surface area contributed by atoms with Crippen molar-refractivity contribution in [3.63, 3.8) is 0 Å². The van der Waals surface area contributed by atoms with E-state index in [1.54, 1.807) is 0 Å². The van der Waals surface area contributed by atoms with Gasteiger partial charge in [0.05, 0.1) is 33.8 Å². The van der Waals surface area contributed by atoms with E-state index in [9.17, 15) is 0 Å². The summed E-state index contributed by atoms with van der Waals surface area (Å²) < 4.78 is 14.1. The second kappa shape index (κ2) is 23.9. The molecule has 438 valence electrons. The van der Waals surface area contributed by atoms with Gasteiger partial charge in [0.15, 0.2) is 0 Å². The van der Waals surface area contributed by atoms with Crippen molar-refractivity contribution >= 4 is 34.1 Å². The van der Waals surface area contributed by atoms with Gasteiger partial charge in [-0.25, -0.2) is 0 Å². The lowest BCUT2D eigenvalue weighted by molar-refractivity contribution is -0.122. The van der Waals surface area contributed by atoms with Crippen LogP contribution in [0.15, 0.2) is 182 Å². The number of unbranched alkanes of at least 4 members (excludes halogenated alkanes) is 10. The Morgan fingerprint density at radius 1 is 0.329 bits per heavy atom. The molecule has 0 unspecified atom stereocenters. The first-order chi connectivity index (χ1) is 41.5. The van der Waals surface area contributed by atoms with Gasteiger partial charge in [-0.15, -0.1) is 0 Å². The van der Waals surface area contributed by atoms with Gasteiger partial charge in [0.1, 0.15) is 0 Å². The van der Waals surface area contributed by atoms with E-state index in [1.807, 2.05) is 0 Å². The minimum absolute atomic E-state index is 0.160. The molecule has 8 aromatic rings. The van der Waals surface area contributed by atoms with Crippen molar-refractivity contribution in [2.75, 3.05) is 9.80 Å². The summed E-state index contributed by atoms with van der Waals surface area (Å²) in [5.74, 6) is 0. The Balaban J connectivity index is 0.958. The summed E-state index contributed by atoms with van der Waals surface area (Å²) in [5, 5.41) is 0. The number of benzene rings is 8. The number of hydrogen-bond donors (Lipinski definition) is 0. The van der Waals surface area contributed by atoms with Gasteiger partial charge in [-0.2, -0.15) is 0 Å². The van der Waals surface area contributed by atoms with Gasteiger partial charge in [-0.3, -0.25) is 0 Å². The van der Waals surface area contributed by atoms with Gasteiger partial charge in [0.25, 0.3) is 0 Å². The van der Waals surface area contributed by atoms with Crippen molar-refractivity contribution in [2.24, 2.45) is 0 Å². The molecule has 0 radical (unpaired) electrons. The zero-order valence-electron chi connectivity index (χ0n) is 52.1. The standard InChI is InChI=1S/C81H92N2O2/c1-7-9-11-13-15-27-49-79(50-28-16-14-12-10-8-2)71-57-63(82(61-33-19-17-20-34-61)75-39-25-23-37-65(75)59-41-47-69-73(55-59)77(3,4)84-80(69)51-29-30-52-80)43-45-67(71)68-46-44-64(58-72(68)79)83(62-35-21-18-22-36-62)76-40-26-24-38-66(76)60-42-48-70-74(56-60)78(5,6)85-81(70)53-31-32-54-81/h17-26,33-48,55-58H,7-16,27-32,49-54H2,1-6H3. The molecule has 4 heteroatoms. The lowest BCUT2D eigenvalue weighted by atomic mass is 9.70. The Morgan fingerprint density at radius 3 is 1.12 bits per heavy atom. The summed E-state index contributed by atoms with van der Waals surface area (Å²) in [7, 11) is 0. The van der Waals surface area contributed by atoms with Crippen LogP contribution in [-0.2, 0) is 37.3 Å². The highest BCUT2D eigenvalue weighted by Crippen LogP contribution is 2.60. The zero-order chi connectivity index (χ0) is 58.2. The van der Waals surface area contributed by atoms with Crippen molar-refractivity contribution in [1.82, 2.24) is 0 Å². The van der Waals surface area contributed by atoms with Gasteiger partial charge in [0, 0.05) is 39.3 Å². The Morgan fingerprint density at radius 2 is 0.706 bits per heavy atom.